The Balaban J connectivity index is 2.06. The maximum atomic E-state index is 13.8. The van der Waals surface area contributed by atoms with E-state index in [0.717, 1.165) is 10.9 Å². The molecule has 1 aliphatic heterocycles. The van der Waals surface area contributed by atoms with E-state index in [4.69, 9.17) is 5.73 Å². The number of rotatable bonds is 3. The lowest BCUT2D eigenvalue weighted by Crippen LogP contribution is -2.35. The minimum Gasteiger partial charge on any atom is -0.335 e. The predicted molar refractivity (Wildman–Crippen MR) is 91.0 cm³/mol. The van der Waals surface area contributed by atoms with Crippen LogP contribution in [0.3, 0.4) is 0 Å². The molecule has 5 nitrogen and oxygen atoms in total. The van der Waals surface area contributed by atoms with Gasteiger partial charge in [-0.25, -0.2) is 4.68 Å². The topological polar surface area (TPSA) is 64.2 Å². The molecule has 0 saturated carbocycles. The third-order valence-electron chi connectivity index (χ3n) is 4.87. The van der Waals surface area contributed by atoms with Crippen LogP contribution >= 0.6 is 0 Å². The molecule has 1 aliphatic rings. The highest BCUT2D eigenvalue weighted by Crippen LogP contribution is 2.36. The third-order valence-corrected chi connectivity index (χ3v) is 4.87. The average molecular weight is 366 g/mol. The predicted octanol–water partition coefficient (Wildman–Crippen LogP) is 3.01. The van der Waals surface area contributed by atoms with Gasteiger partial charge in [0.05, 0.1) is 17.4 Å². The van der Waals surface area contributed by atoms with Crippen molar-refractivity contribution in [1.82, 2.24) is 14.7 Å². The molecule has 1 amide bonds. The summed E-state index contributed by atoms with van der Waals surface area (Å²) in [5, 5.41) is 3.89. The molecule has 0 aliphatic carbocycles. The van der Waals surface area contributed by atoms with Crippen molar-refractivity contribution >= 4 is 5.91 Å². The van der Waals surface area contributed by atoms with Crippen molar-refractivity contribution in [2.45, 2.75) is 32.5 Å². The molecule has 0 spiro atoms. The Morgan fingerprint density at radius 3 is 2.62 bits per heavy atom. The highest BCUT2D eigenvalue weighted by atomic mass is 19.4. The van der Waals surface area contributed by atoms with Gasteiger partial charge in [0.15, 0.2) is 5.69 Å². The number of carbonyl (C=O) groups excluding carboxylic acids is 1. The second-order valence-corrected chi connectivity index (χ2v) is 6.75. The maximum Gasteiger partial charge on any atom is 0.434 e. The SMILES string of the molecule is Cc1ccccc1-n1ncc(C(=O)N2CC(CN)CC2C)c1C(F)(F)F. The summed E-state index contributed by atoms with van der Waals surface area (Å²) in [5.41, 5.74) is 5.13. The van der Waals surface area contributed by atoms with E-state index in [1.54, 1.807) is 31.2 Å². The molecule has 3 rings (SSSR count). The number of nitrogens with zero attached hydrogens (tertiary/aromatic N) is 3. The van der Waals surface area contributed by atoms with E-state index in [-0.39, 0.29) is 12.0 Å². The molecule has 1 aromatic carbocycles. The highest BCUT2D eigenvalue weighted by molar-refractivity contribution is 5.96. The second kappa shape index (κ2) is 6.75. The van der Waals surface area contributed by atoms with E-state index >= 15 is 0 Å². The van der Waals surface area contributed by atoms with Gasteiger partial charge in [-0.05, 0) is 44.4 Å². The van der Waals surface area contributed by atoms with Gasteiger partial charge in [0, 0.05) is 12.6 Å². The van der Waals surface area contributed by atoms with E-state index in [1.165, 1.54) is 4.90 Å². The molecule has 26 heavy (non-hydrogen) atoms. The van der Waals surface area contributed by atoms with Crippen LogP contribution < -0.4 is 5.73 Å². The van der Waals surface area contributed by atoms with Crippen LogP contribution in [0.1, 0.15) is 35.0 Å². The van der Waals surface area contributed by atoms with E-state index in [0.29, 0.717) is 30.8 Å². The summed E-state index contributed by atoms with van der Waals surface area (Å²) in [7, 11) is 0. The fraction of sp³-hybridized carbons (Fsp3) is 0.444. The Labute approximate surface area is 149 Å². The Hall–Kier alpha value is -2.35. The number of para-hydroxylation sites is 1. The Bertz CT molecular complexity index is 815. The van der Waals surface area contributed by atoms with Crippen molar-refractivity contribution in [2.75, 3.05) is 13.1 Å². The first-order chi connectivity index (χ1) is 12.2. The fourth-order valence-electron chi connectivity index (χ4n) is 3.51. The molecule has 2 atom stereocenters. The van der Waals surface area contributed by atoms with Crippen LogP contribution in [-0.2, 0) is 6.18 Å². The van der Waals surface area contributed by atoms with Crippen molar-refractivity contribution in [2.24, 2.45) is 11.7 Å². The summed E-state index contributed by atoms with van der Waals surface area (Å²) in [6, 6.07) is 6.47. The number of hydrogen-bond acceptors (Lipinski definition) is 3. The van der Waals surface area contributed by atoms with Crippen LogP contribution in [0.15, 0.2) is 30.5 Å². The van der Waals surface area contributed by atoms with Gasteiger partial charge in [-0.1, -0.05) is 18.2 Å². The lowest BCUT2D eigenvalue weighted by molar-refractivity contribution is -0.143. The minimum absolute atomic E-state index is 0.106. The van der Waals surface area contributed by atoms with E-state index in [2.05, 4.69) is 5.10 Å². The smallest absolute Gasteiger partial charge is 0.335 e. The fourth-order valence-corrected chi connectivity index (χ4v) is 3.51. The number of carbonyl (C=O) groups is 1. The zero-order valence-electron chi connectivity index (χ0n) is 14.6. The number of hydrogen-bond donors (Lipinski definition) is 1. The van der Waals surface area contributed by atoms with Gasteiger partial charge >= 0.3 is 6.18 Å². The van der Waals surface area contributed by atoms with Crippen molar-refractivity contribution < 1.29 is 18.0 Å². The number of amides is 1. The van der Waals surface area contributed by atoms with Gasteiger partial charge in [0.1, 0.15) is 0 Å². The maximum absolute atomic E-state index is 13.8. The molecule has 1 fully saturated rings. The van der Waals surface area contributed by atoms with E-state index in [1.807, 2.05) is 6.92 Å². The van der Waals surface area contributed by atoms with Crippen molar-refractivity contribution in [3.05, 3.63) is 47.3 Å². The van der Waals surface area contributed by atoms with Gasteiger partial charge in [-0.15, -0.1) is 0 Å². The molecule has 140 valence electrons. The van der Waals surface area contributed by atoms with E-state index < -0.39 is 23.3 Å². The Morgan fingerprint density at radius 1 is 1.35 bits per heavy atom. The van der Waals surface area contributed by atoms with Crippen LogP contribution in [0, 0.1) is 12.8 Å². The molecule has 0 radical (unpaired) electrons. The lowest BCUT2D eigenvalue weighted by Gasteiger charge is -2.22. The van der Waals surface area contributed by atoms with Gasteiger partial charge in [0.2, 0.25) is 0 Å². The number of nitrogens with two attached hydrogens (primary N) is 1. The first-order valence-electron chi connectivity index (χ1n) is 8.46. The highest BCUT2D eigenvalue weighted by Gasteiger charge is 2.43. The third kappa shape index (κ3) is 3.21. The van der Waals surface area contributed by atoms with Crippen molar-refractivity contribution in [3.8, 4) is 5.69 Å². The molecule has 1 aromatic heterocycles. The molecule has 0 bridgehead atoms. The molecule has 1 saturated heterocycles. The van der Waals surface area contributed by atoms with Crippen LogP contribution in [0.25, 0.3) is 5.69 Å². The summed E-state index contributed by atoms with van der Waals surface area (Å²) in [5.74, 6) is -0.546. The van der Waals surface area contributed by atoms with Crippen LogP contribution in [0.2, 0.25) is 0 Å². The van der Waals surface area contributed by atoms with E-state index in [9.17, 15) is 18.0 Å². The van der Waals surface area contributed by atoms with Crippen LogP contribution in [-0.4, -0.2) is 39.7 Å². The van der Waals surface area contributed by atoms with Gasteiger partial charge in [0.25, 0.3) is 5.91 Å². The summed E-state index contributed by atoms with van der Waals surface area (Å²) < 4.78 is 42.2. The van der Waals surface area contributed by atoms with Crippen LogP contribution in [0.5, 0.6) is 0 Å². The largest absolute Gasteiger partial charge is 0.434 e. The number of aromatic nitrogens is 2. The van der Waals surface area contributed by atoms with Gasteiger partial charge < -0.3 is 10.6 Å². The monoisotopic (exact) mass is 366 g/mol. The summed E-state index contributed by atoms with van der Waals surface area (Å²) >= 11 is 0. The van der Waals surface area contributed by atoms with Crippen LogP contribution in [0.4, 0.5) is 13.2 Å². The van der Waals surface area contributed by atoms with Crippen molar-refractivity contribution in [1.29, 1.82) is 0 Å². The standard InChI is InChI=1S/C18H21F3N4O/c1-11-5-3-4-6-15(11)25-16(18(19,20)21)14(9-23-25)17(26)24-10-13(8-22)7-12(24)2/h3-6,9,12-13H,7-8,10,22H2,1-2H3. The number of aryl methyl sites for hydroxylation is 1. The molecular weight excluding hydrogens is 345 g/mol. The number of alkyl halides is 3. The summed E-state index contributed by atoms with van der Waals surface area (Å²) in [4.78, 5) is 14.3. The number of benzene rings is 1. The molecule has 2 aromatic rings. The Morgan fingerprint density at radius 2 is 2.04 bits per heavy atom. The van der Waals surface area contributed by atoms with Gasteiger partial charge in [-0.2, -0.15) is 18.3 Å². The minimum atomic E-state index is -4.71. The second-order valence-electron chi connectivity index (χ2n) is 6.75. The number of likely N-dealkylation sites (tertiary alicyclic amines) is 1. The normalized spacial score (nSPS) is 20.6. The zero-order chi connectivity index (χ0) is 19.1. The molecule has 2 unspecified atom stereocenters. The molecule has 2 heterocycles. The summed E-state index contributed by atoms with van der Waals surface area (Å²) in [6.45, 7) is 4.30. The van der Waals surface area contributed by atoms with Crippen molar-refractivity contribution in [3.63, 3.8) is 0 Å². The lowest BCUT2D eigenvalue weighted by atomic mass is 10.1. The first kappa shape index (κ1) is 18.4. The molecule has 8 heteroatoms. The molecule has 2 N–H and O–H groups in total. The summed E-state index contributed by atoms with van der Waals surface area (Å²) in [6.07, 6.45) is -3.00. The quantitative estimate of drug-likeness (QED) is 0.908. The zero-order valence-corrected chi connectivity index (χ0v) is 14.6. The number of halogens is 3. The first-order valence-corrected chi connectivity index (χ1v) is 8.46. The Kier molecular flexibility index (Phi) is 4.79. The average Bonchev–Trinajstić information content (AvgIpc) is 3.18. The molecular formula is C18H21F3N4O. The van der Waals surface area contributed by atoms with Gasteiger partial charge in [-0.3, -0.25) is 4.79 Å².